The Hall–Kier alpha value is -0.960. The van der Waals surface area contributed by atoms with Crippen LogP contribution in [0, 0.1) is 0 Å². The van der Waals surface area contributed by atoms with Gasteiger partial charge in [0.25, 0.3) is 0 Å². The van der Waals surface area contributed by atoms with E-state index in [1.807, 2.05) is 0 Å². The molecule has 0 aromatic heterocycles. The van der Waals surface area contributed by atoms with Gasteiger partial charge in [-0.2, -0.15) is 0 Å². The van der Waals surface area contributed by atoms with Gasteiger partial charge in [0, 0.05) is 16.6 Å². The van der Waals surface area contributed by atoms with Crippen molar-refractivity contribution in [2.75, 3.05) is 13.7 Å². The molecule has 112 valence electrons. The van der Waals surface area contributed by atoms with Gasteiger partial charge in [0.1, 0.15) is 0 Å². The number of carbonyl (C=O) groups excluding carboxylic acids is 1. The summed E-state index contributed by atoms with van der Waals surface area (Å²) in [6.45, 7) is 3.52. The van der Waals surface area contributed by atoms with E-state index in [1.54, 1.807) is 13.8 Å². The van der Waals surface area contributed by atoms with E-state index in [0.717, 1.165) is 0 Å². The number of methoxy groups -OCH3 is 1. The molecule has 0 aliphatic heterocycles. The highest BCUT2D eigenvalue weighted by atomic mass is 79.9. The maximum absolute atomic E-state index is 12.3. The number of esters is 1. The third-order valence-electron chi connectivity index (χ3n) is 2.56. The lowest BCUT2D eigenvalue weighted by Crippen LogP contribution is -2.48. The van der Waals surface area contributed by atoms with Gasteiger partial charge in [0.15, 0.2) is 0 Å². The maximum atomic E-state index is 12.3. The molecule has 0 heterocycles. The van der Waals surface area contributed by atoms with Crippen LogP contribution in [0.2, 0.25) is 0 Å². The lowest BCUT2D eigenvalue weighted by atomic mass is 10.1. The number of benzene rings is 1. The predicted molar refractivity (Wildman–Crippen MR) is 78.9 cm³/mol. The fourth-order valence-corrected chi connectivity index (χ4v) is 3.93. The lowest BCUT2D eigenvalue weighted by molar-refractivity contribution is 0.0600. The summed E-state index contributed by atoms with van der Waals surface area (Å²) in [6, 6.07) is 4.13. The molecule has 6 nitrogen and oxygen atoms in total. The average Bonchev–Trinajstić information content (AvgIpc) is 2.36. The van der Waals surface area contributed by atoms with Crippen LogP contribution < -0.4 is 10.5 Å². The van der Waals surface area contributed by atoms with Gasteiger partial charge >= 0.3 is 5.97 Å². The average molecular weight is 365 g/mol. The van der Waals surface area contributed by atoms with Gasteiger partial charge in [-0.25, -0.2) is 17.9 Å². The fraction of sp³-hybridized carbons (Fsp3) is 0.417. The minimum atomic E-state index is -3.74. The fourth-order valence-electron chi connectivity index (χ4n) is 1.42. The van der Waals surface area contributed by atoms with Crippen LogP contribution in [-0.2, 0) is 14.8 Å². The minimum absolute atomic E-state index is 0.0340. The number of halogens is 1. The molecule has 0 unspecified atom stereocenters. The van der Waals surface area contributed by atoms with Crippen molar-refractivity contribution in [1.82, 2.24) is 4.72 Å². The van der Waals surface area contributed by atoms with Crippen molar-refractivity contribution in [3.63, 3.8) is 0 Å². The van der Waals surface area contributed by atoms with Crippen molar-refractivity contribution in [1.29, 1.82) is 0 Å². The van der Waals surface area contributed by atoms with E-state index in [1.165, 1.54) is 25.3 Å². The Morgan fingerprint density at radius 1 is 1.45 bits per heavy atom. The normalized spacial score (nSPS) is 12.2. The molecule has 0 saturated carbocycles. The highest BCUT2D eigenvalue weighted by Gasteiger charge is 2.26. The van der Waals surface area contributed by atoms with Gasteiger partial charge in [-0.1, -0.05) is 0 Å². The first-order valence-electron chi connectivity index (χ1n) is 5.75. The monoisotopic (exact) mass is 364 g/mol. The Labute approximate surface area is 126 Å². The second kappa shape index (κ2) is 6.21. The van der Waals surface area contributed by atoms with Gasteiger partial charge in [0.05, 0.1) is 17.6 Å². The summed E-state index contributed by atoms with van der Waals surface area (Å²) in [6.07, 6.45) is 0. The third-order valence-corrected chi connectivity index (χ3v) is 5.24. The SMILES string of the molecule is COC(=O)c1ccc(S(=O)(=O)NC(C)(C)CN)c(Br)c1. The van der Waals surface area contributed by atoms with Crippen LogP contribution in [0.4, 0.5) is 0 Å². The summed E-state index contributed by atoms with van der Waals surface area (Å²) in [5.41, 5.74) is 5.01. The Kier molecular flexibility index (Phi) is 5.31. The second-order valence-corrected chi connectivity index (χ2v) is 7.34. The molecule has 0 aliphatic rings. The Morgan fingerprint density at radius 3 is 2.50 bits per heavy atom. The summed E-state index contributed by atoms with van der Waals surface area (Å²) < 4.78 is 31.9. The first-order chi connectivity index (χ1) is 9.13. The van der Waals surface area contributed by atoms with Crippen molar-refractivity contribution in [3.8, 4) is 0 Å². The Balaban J connectivity index is 3.18. The molecule has 3 N–H and O–H groups in total. The molecule has 0 bridgehead atoms. The van der Waals surface area contributed by atoms with Crippen LogP contribution in [-0.4, -0.2) is 33.6 Å². The molecule has 1 aromatic rings. The van der Waals surface area contributed by atoms with Crippen molar-refractivity contribution in [3.05, 3.63) is 28.2 Å². The molecule has 8 heteroatoms. The second-order valence-electron chi connectivity index (χ2n) is 4.83. The lowest BCUT2D eigenvalue weighted by Gasteiger charge is -2.24. The third kappa shape index (κ3) is 4.02. The minimum Gasteiger partial charge on any atom is -0.465 e. The van der Waals surface area contributed by atoms with Crippen molar-refractivity contribution >= 4 is 31.9 Å². The van der Waals surface area contributed by atoms with Crippen LogP contribution in [0.15, 0.2) is 27.6 Å². The summed E-state index contributed by atoms with van der Waals surface area (Å²) in [7, 11) is -2.48. The standard InChI is InChI=1S/C12H17BrN2O4S/c1-12(2,7-14)15-20(17,18)10-5-4-8(6-9(10)13)11(16)19-3/h4-6,15H,7,14H2,1-3H3. The number of hydrogen-bond donors (Lipinski definition) is 2. The summed E-state index contributed by atoms with van der Waals surface area (Å²) >= 11 is 3.15. The number of carbonyl (C=O) groups is 1. The van der Waals surface area contributed by atoms with Gasteiger partial charge < -0.3 is 10.5 Å². The molecule has 1 rings (SSSR count). The Bertz CT molecular complexity index is 614. The molecule has 0 fully saturated rings. The zero-order valence-electron chi connectivity index (χ0n) is 11.4. The van der Waals surface area contributed by atoms with Crippen LogP contribution in [0.25, 0.3) is 0 Å². The van der Waals surface area contributed by atoms with Crippen LogP contribution in [0.5, 0.6) is 0 Å². The molecule has 0 saturated heterocycles. The van der Waals surface area contributed by atoms with Gasteiger partial charge in [-0.05, 0) is 48.0 Å². The van der Waals surface area contributed by atoms with E-state index in [4.69, 9.17) is 5.73 Å². The van der Waals surface area contributed by atoms with Gasteiger partial charge in [-0.15, -0.1) is 0 Å². The van der Waals surface area contributed by atoms with E-state index >= 15 is 0 Å². The number of sulfonamides is 1. The van der Waals surface area contributed by atoms with Crippen LogP contribution >= 0.6 is 15.9 Å². The van der Waals surface area contributed by atoms with E-state index in [2.05, 4.69) is 25.4 Å². The summed E-state index contributed by atoms with van der Waals surface area (Å²) in [5.74, 6) is -0.537. The first kappa shape index (κ1) is 17.1. The largest absolute Gasteiger partial charge is 0.465 e. The molecule has 1 aromatic carbocycles. The topological polar surface area (TPSA) is 98.5 Å². The number of rotatable bonds is 5. The molecular weight excluding hydrogens is 348 g/mol. The number of hydrogen-bond acceptors (Lipinski definition) is 5. The molecule has 0 amide bonds. The quantitative estimate of drug-likeness (QED) is 0.766. The zero-order chi connectivity index (χ0) is 15.6. The number of nitrogens with one attached hydrogen (secondary N) is 1. The molecule has 0 aliphatic carbocycles. The molecule has 20 heavy (non-hydrogen) atoms. The van der Waals surface area contributed by atoms with E-state index in [9.17, 15) is 13.2 Å². The highest BCUT2D eigenvalue weighted by Crippen LogP contribution is 2.24. The Morgan fingerprint density at radius 2 is 2.05 bits per heavy atom. The maximum Gasteiger partial charge on any atom is 0.337 e. The number of ether oxygens (including phenoxy) is 1. The van der Waals surface area contributed by atoms with Gasteiger partial charge in [-0.3, -0.25) is 0 Å². The highest BCUT2D eigenvalue weighted by molar-refractivity contribution is 9.10. The van der Waals surface area contributed by atoms with Crippen LogP contribution in [0.1, 0.15) is 24.2 Å². The zero-order valence-corrected chi connectivity index (χ0v) is 13.8. The van der Waals surface area contributed by atoms with E-state index < -0.39 is 21.5 Å². The first-order valence-corrected chi connectivity index (χ1v) is 8.02. The summed E-state index contributed by atoms with van der Waals surface area (Å²) in [5, 5.41) is 0. The smallest absolute Gasteiger partial charge is 0.337 e. The van der Waals surface area contributed by atoms with Crippen molar-refractivity contribution < 1.29 is 17.9 Å². The molecule has 0 atom stereocenters. The molecule has 0 radical (unpaired) electrons. The van der Waals surface area contributed by atoms with Crippen molar-refractivity contribution in [2.24, 2.45) is 5.73 Å². The van der Waals surface area contributed by atoms with Gasteiger partial charge in [0.2, 0.25) is 10.0 Å². The van der Waals surface area contributed by atoms with E-state index in [0.29, 0.717) is 0 Å². The van der Waals surface area contributed by atoms with Crippen molar-refractivity contribution in [2.45, 2.75) is 24.3 Å². The molecule has 0 spiro atoms. The molecular formula is C12H17BrN2O4S. The van der Waals surface area contributed by atoms with E-state index in [-0.39, 0.29) is 21.5 Å². The van der Waals surface area contributed by atoms with Crippen LogP contribution in [0.3, 0.4) is 0 Å². The predicted octanol–water partition coefficient (Wildman–Crippen LogP) is 1.25. The number of nitrogens with two attached hydrogens (primary N) is 1. The summed E-state index contributed by atoms with van der Waals surface area (Å²) in [4.78, 5) is 11.4.